The minimum absolute atomic E-state index is 0.0788. The summed E-state index contributed by atoms with van der Waals surface area (Å²) < 4.78 is 23.9. The number of phosphoric ester groups is 1. The van der Waals surface area contributed by atoms with Gasteiger partial charge in [-0.15, -0.1) is 0 Å². The van der Waals surface area contributed by atoms with E-state index < -0.39 is 20.0 Å². The fraction of sp³-hybridized carbons (Fsp3) is 0.961. The molecular weight excluding hydrogens is 1070 g/mol. The van der Waals surface area contributed by atoms with E-state index in [1.807, 2.05) is 21.1 Å². The van der Waals surface area contributed by atoms with Gasteiger partial charge in [0.05, 0.1) is 39.9 Å². The number of aliphatic hydroxyl groups excluding tert-OH is 1. The number of likely N-dealkylation sites (N-methyl/N-ethyl adjacent to an activating group) is 1. The molecule has 0 fully saturated rings. The van der Waals surface area contributed by atoms with Gasteiger partial charge in [-0.2, -0.15) is 0 Å². The van der Waals surface area contributed by atoms with E-state index in [4.69, 9.17) is 9.05 Å². The number of amides is 1. The molecule has 0 heterocycles. The van der Waals surface area contributed by atoms with Gasteiger partial charge < -0.3 is 19.8 Å². The zero-order valence-corrected chi connectivity index (χ0v) is 59.3. The number of nitrogens with one attached hydrogen (secondary N) is 1. The quantitative estimate of drug-likeness (QED) is 0.0243. The molecule has 0 spiro atoms. The third-order valence-electron chi connectivity index (χ3n) is 18.3. The second kappa shape index (κ2) is 67.6. The highest BCUT2D eigenvalue weighted by Gasteiger charge is 2.28. The van der Waals surface area contributed by atoms with Crippen LogP contribution in [0.15, 0.2) is 12.2 Å². The molecule has 3 unspecified atom stereocenters. The van der Waals surface area contributed by atoms with E-state index in [2.05, 4.69) is 31.3 Å². The standard InChI is InChI=1S/C76H153N2O6P/c1-6-8-10-12-14-16-18-20-22-24-26-28-30-32-34-35-36-37-38-39-40-41-42-43-44-46-48-50-52-54-56-58-60-62-64-66-68-70-76(80)77-74(73-84-85(81,82)83-72-71-78(3,4)5)75(79)69-67-65-63-61-59-57-55-53-51-49-47-45-33-31-29-27-25-23-21-19-17-15-13-11-9-7-2/h24,26,74-75,79H,6-23,25,27-73H2,1-5H3,(H-,77,80,81,82)/p+1/b26-24-. The monoisotopic (exact) mass is 1220 g/mol. The van der Waals surface area contributed by atoms with Gasteiger partial charge in [-0.1, -0.05) is 386 Å². The van der Waals surface area contributed by atoms with Crippen LogP contribution in [-0.2, 0) is 18.4 Å². The van der Waals surface area contributed by atoms with Crippen molar-refractivity contribution in [3.63, 3.8) is 0 Å². The molecule has 0 aliphatic heterocycles. The number of unbranched alkanes of at least 4 members (excludes halogenated alkanes) is 58. The summed E-state index contributed by atoms with van der Waals surface area (Å²) in [4.78, 5) is 23.5. The lowest BCUT2D eigenvalue weighted by Crippen LogP contribution is -2.46. The molecule has 0 bridgehead atoms. The van der Waals surface area contributed by atoms with Gasteiger partial charge in [0, 0.05) is 6.42 Å². The number of aliphatic hydroxyl groups is 1. The van der Waals surface area contributed by atoms with Crippen molar-refractivity contribution < 1.29 is 32.9 Å². The first-order valence-electron chi connectivity index (χ1n) is 38.6. The number of carbonyl (C=O) groups excluding carboxylic acids is 1. The lowest BCUT2D eigenvalue weighted by Gasteiger charge is -2.26. The average Bonchev–Trinajstić information content (AvgIpc) is 3.49. The number of rotatable bonds is 73. The normalized spacial score (nSPS) is 13.5. The first kappa shape index (κ1) is 84.2. The summed E-state index contributed by atoms with van der Waals surface area (Å²) in [5.74, 6) is -0.133. The highest BCUT2D eigenvalue weighted by Crippen LogP contribution is 2.43. The fourth-order valence-electron chi connectivity index (χ4n) is 12.3. The molecule has 85 heavy (non-hydrogen) atoms. The van der Waals surface area contributed by atoms with Crippen molar-refractivity contribution in [2.75, 3.05) is 40.9 Å². The minimum Gasteiger partial charge on any atom is -0.391 e. The first-order valence-corrected chi connectivity index (χ1v) is 40.0. The van der Waals surface area contributed by atoms with E-state index in [0.717, 1.165) is 38.5 Å². The van der Waals surface area contributed by atoms with Gasteiger partial charge >= 0.3 is 7.82 Å². The Bertz CT molecular complexity index is 1390. The second-order valence-corrected chi connectivity index (χ2v) is 29.5. The molecule has 3 N–H and O–H groups in total. The maximum atomic E-state index is 13.1. The number of quaternary nitrogens is 1. The van der Waals surface area contributed by atoms with Gasteiger partial charge in [0.2, 0.25) is 5.91 Å². The predicted molar refractivity (Wildman–Crippen MR) is 374 cm³/mol. The lowest BCUT2D eigenvalue weighted by atomic mass is 10.0. The fourth-order valence-corrected chi connectivity index (χ4v) is 13.0. The Hall–Kier alpha value is -0.760. The molecular formula is C76H154N2O6P+. The summed E-state index contributed by atoms with van der Waals surface area (Å²) in [5, 5.41) is 14.2. The topological polar surface area (TPSA) is 105 Å². The number of allylic oxidation sites excluding steroid dienone is 2. The molecule has 0 aromatic carbocycles. The molecule has 0 saturated heterocycles. The SMILES string of the molecule is CCCCCCCCCC/C=C\CCCCCCCCCCCCCCCCCCCCCCCCCCCC(=O)NC(COP(=O)(O)OCC[N+](C)(C)C)C(O)CCCCCCCCCCCCCCCCCCCCCCCCCCCC. The lowest BCUT2D eigenvalue weighted by molar-refractivity contribution is -0.870. The van der Waals surface area contributed by atoms with Crippen LogP contribution in [0.3, 0.4) is 0 Å². The first-order chi connectivity index (χ1) is 41.5. The van der Waals surface area contributed by atoms with Crippen molar-refractivity contribution in [1.82, 2.24) is 5.32 Å². The summed E-state index contributed by atoms with van der Waals surface area (Å²) in [7, 11) is 1.64. The Balaban J connectivity index is 3.90. The smallest absolute Gasteiger partial charge is 0.391 e. The summed E-state index contributed by atoms with van der Waals surface area (Å²) in [5.41, 5.74) is 0. The third-order valence-corrected chi connectivity index (χ3v) is 19.2. The third kappa shape index (κ3) is 70.6. The summed E-state index contributed by atoms with van der Waals surface area (Å²) >= 11 is 0. The number of hydrogen-bond donors (Lipinski definition) is 3. The van der Waals surface area contributed by atoms with Gasteiger partial charge in [-0.25, -0.2) is 4.57 Å². The Morgan fingerprint density at radius 1 is 0.388 bits per heavy atom. The number of carbonyl (C=O) groups is 1. The molecule has 1 amide bonds. The van der Waals surface area contributed by atoms with Crippen LogP contribution in [0.4, 0.5) is 0 Å². The molecule has 0 aromatic rings. The van der Waals surface area contributed by atoms with Crippen molar-refractivity contribution in [3.05, 3.63) is 12.2 Å². The molecule has 0 aromatic heterocycles. The highest BCUT2D eigenvalue weighted by molar-refractivity contribution is 7.47. The van der Waals surface area contributed by atoms with Crippen molar-refractivity contribution in [3.8, 4) is 0 Å². The molecule has 0 aliphatic carbocycles. The van der Waals surface area contributed by atoms with Gasteiger partial charge in [0.15, 0.2) is 0 Å². The van der Waals surface area contributed by atoms with Crippen molar-refractivity contribution in [1.29, 1.82) is 0 Å². The van der Waals surface area contributed by atoms with Crippen LogP contribution in [0.2, 0.25) is 0 Å². The maximum absolute atomic E-state index is 13.1. The maximum Gasteiger partial charge on any atom is 0.472 e. The van der Waals surface area contributed by atoms with Crippen molar-refractivity contribution in [2.45, 2.75) is 431 Å². The number of phosphoric acid groups is 1. The van der Waals surface area contributed by atoms with Crippen molar-refractivity contribution >= 4 is 13.7 Å². The second-order valence-electron chi connectivity index (χ2n) is 28.1. The molecule has 0 saturated carbocycles. The van der Waals surface area contributed by atoms with E-state index in [1.54, 1.807) is 0 Å². The summed E-state index contributed by atoms with van der Waals surface area (Å²) in [6.07, 6.45) is 87.8. The number of hydrogen-bond acceptors (Lipinski definition) is 5. The molecule has 0 radical (unpaired) electrons. The van der Waals surface area contributed by atoms with Gasteiger partial charge in [-0.05, 0) is 38.5 Å². The van der Waals surface area contributed by atoms with Crippen LogP contribution in [0.1, 0.15) is 418 Å². The van der Waals surface area contributed by atoms with Gasteiger partial charge in [0.25, 0.3) is 0 Å². The van der Waals surface area contributed by atoms with Crippen LogP contribution in [0.5, 0.6) is 0 Å². The van der Waals surface area contributed by atoms with Gasteiger partial charge in [0.1, 0.15) is 13.2 Å². The van der Waals surface area contributed by atoms with Crippen LogP contribution in [0.25, 0.3) is 0 Å². The van der Waals surface area contributed by atoms with Crippen LogP contribution >= 0.6 is 7.82 Å². The van der Waals surface area contributed by atoms with E-state index in [9.17, 15) is 19.4 Å². The van der Waals surface area contributed by atoms with E-state index >= 15 is 0 Å². The van der Waals surface area contributed by atoms with Crippen LogP contribution < -0.4 is 5.32 Å². The molecule has 8 nitrogen and oxygen atoms in total. The molecule has 3 atom stereocenters. The van der Waals surface area contributed by atoms with Gasteiger partial charge in [-0.3, -0.25) is 13.8 Å². The Morgan fingerprint density at radius 3 is 0.906 bits per heavy atom. The Kier molecular flexibility index (Phi) is 67.0. The zero-order valence-electron chi connectivity index (χ0n) is 58.4. The van der Waals surface area contributed by atoms with E-state index in [1.165, 1.54) is 353 Å². The molecule has 508 valence electrons. The summed E-state index contributed by atoms with van der Waals surface area (Å²) in [6, 6.07) is -0.758. The number of nitrogens with zero attached hydrogens (tertiary/aromatic N) is 1. The van der Waals surface area contributed by atoms with Crippen molar-refractivity contribution in [2.24, 2.45) is 0 Å². The van der Waals surface area contributed by atoms with Crippen LogP contribution in [-0.4, -0.2) is 73.4 Å². The Labute approximate surface area is 532 Å². The summed E-state index contributed by atoms with van der Waals surface area (Å²) in [6.45, 7) is 4.96. The largest absolute Gasteiger partial charge is 0.472 e. The molecule has 0 aliphatic rings. The molecule has 9 heteroatoms. The minimum atomic E-state index is -4.33. The average molecular weight is 1220 g/mol. The Morgan fingerprint density at radius 2 is 0.635 bits per heavy atom. The van der Waals surface area contributed by atoms with E-state index in [0.29, 0.717) is 23.9 Å². The highest BCUT2D eigenvalue weighted by atomic mass is 31.2. The van der Waals surface area contributed by atoms with Crippen LogP contribution in [0, 0.1) is 0 Å². The predicted octanol–water partition coefficient (Wildman–Crippen LogP) is 24.8. The molecule has 0 rings (SSSR count). The zero-order chi connectivity index (χ0) is 61.9. The van der Waals surface area contributed by atoms with E-state index in [-0.39, 0.29) is 19.1 Å².